The van der Waals surface area contributed by atoms with Crippen LogP contribution < -0.4 is 5.32 Å². The van der Waals surface area contributed by atoms with Gasteiger partial charge in [0.25, 0.3) is 0 Å². The first-order chi connectivity index (χ1) is 9.16. The summed E-state index contributed by atoms with van der Waals surface area (Å²) in [5.74, 6) is -0.171. The topological polar surface area (TPSA) is 50.8 Å². The zero-order valence-electron chi connectivity index (χ0n) is 11.7. The van der Waals surface area contributed by atoms with E-state index in [1.165, 1.54) is 0 Å². The van der Waals surface area contributed by atoms with Gasteiger partial charge in [0.15, 0.2) is 0 Å². The molecule has 106 valence electrons. The van der Waals surface area contributed by atoms with Gasteiger partial charge in [0.05, 0.1) is 17.4 Å². The van der Waals surface area contributed by atoms with Crippen LogP contribution >= 0.6 is 0 Å². The lowest BCUT2D eigenvalue weighted by Crippen LogP contribution is -2.44. The van der Waals surface area contributed by atoms with Crippen molar-refractivity contribution in [1.82, 2.24) is 10.2 Å². The Kier molecular flexibility index (Phi) is 3.27. The van der Waals surface area contributed by atoms with E-state index in [1.807, 2.05) is 6.92 Å². The SMILES string of the molecule is COC1CN(C2=C(C)C(=O)OC2)CC12CCNCC2. The Morgan fingerprint density at radius 1 is 1.42 bits per heavy atom. The van der Waals surface area contributed by atoms with Crippen LogP contribution in [-0.4, -0.2) is 56.9 Å². The lowest BCUT2D eigenvalue weighted by atomic mass is 9.76. The highest BCUT2D eigenvalue weighted by Gasteiger charge is 2.48. The van der Waals surface area contributed by atoms with Crippen LogP contribution in [0.5, 0.6) is 0 Å². The fourth-order valence-electron chi connectivity index (χ4n) is 3.67. The highest BCUT2D eigenvalue weighted by Crippen LogP contribution is 2.42. The third kappa shape index (κ3) is 2.05. The molecule has 3 aliphatic heterocycles. The summed E-state index contributed by atoms with van der Waals surface area (Å²) in [5, 5.41) is 3.42. The number of nitrogens with zero attached hydrogens (tertiary/aromatic N) is 1. The molecule has 0 aromatic carbocycles. The van der Waals surface area contributed by atoms with Crippen LogP contribution in [0.2, 0.25) is 0 Å². The number of esters is 1. The summed E-state index contributed by atoms with van der Waals surface area (Å²) in [5.41, 5.74) is 2.06. The third-order valence-corrected chi connectivity index (χ3v) is 4.92. The van der Waals surface area contributed by atoms with Crippen molar-refractivity contribution >= 4 is 5.97 Å². The molecule has 3 aliphatic rings. The molecule has 5 heteroatoms. The zero-order valence-corrected chi connectivity index (χ0v) is 11.7. The largest absolute Gasteiger partial charge is 0.456 e. The molecule has 2 saturated heterocycles. The van der Waals surface area contributed by atoms with Crippen LogP contribution in [0.3, 0.4) is 0 Å². The molecule has 5 nitrogen and oxygen atoms in total. The van der Waals surface area contributed by atoms with Gasteiger partial charge in [0.2, 0.25) is 0 Å². The number of cyclic esters (lactones) is 1. The monoisotopic (exact) mass is 266 g/mol. The van der Waals surface area contributed by atoms with Crippen LogP contribution in [0.1, 0.15) is 19.8 Å². The van der Waals surface area contributed by atoms with Gasteiger partial charge in [0.1, 0.15) is 6.61 Å². The molecule has 0 bridgehead atoms. The first-order valence-corrected chi connectivity index (χ1v) is 7.02. The average Bonchev–Trinajstić information content (AvgIpc) is 2.93. The number of carbonyl (C=O) groups is 1. The van der Waals surface area contributed by atoms with Crippen molar-refractivity contribution in [1.29, 1.82) is 0 Å². The molecule has 1 atom stereocenters. The highest BCUT2D eigenvalue weighted by atomic mass is 16.5. The summed E-state index contributed by atoms with van der Waals surface area (Å²) in [6.45, 7) is 6.26. The molecule has 0 aromatic rings. The van der Waals surface area contributed by atoms with Crippen molar-refractivity contribution in [3.05, 3.63) is 11.3 Å². The number of piperidine rings is 1. The summed E-state index contributed by atoms with van der Waals surface area (Å²) < 4.78 is 10.9. The van der Waals surface area contributed by atoms with Crippen LogP contribution in [0.15, 0.2) is 11.3 Å². The smallest absolute Gasteiger partial charge is 0.335 e. The minimum Gasteiger partial charge on any atom is -0.456 e. The average molecular weight is 266 g/mol. The van der Waals surface area contributed by atoms with Gasteiger partial charge >= 0.3 is 5.97 Å². The van der Waals surface area contributed by atoms with Crippen LogP contribution in [-0.2, 0) is 14.3 Å². The minimum atomic E-state index is -0.171. The molecule has 19 heavy (non-hydrogen) atoms. The zero-order chi connectivity index (χ0) is 13.5. The molecule has 3 heterocycles. The maximum Gasteiger partial charge on any atom is 0.335 e. The van der Waals surface area contributed by atoms with Crippen molar-refractivity contribution in [3.63, 3.8) is 0 Å². The Bertz CT molecular complexity index is 413. The van der Waals surface area contributed by atoms with E-state index < -0.39 is 0 Å². The Labute approximate surface area is 113 Å². The Morgan fingerprint density at radius 3 is 2.74 bits per heavy atom. The predicted octanol–water partition coefficient (Wildman–Crippen LogP) is 0.518. The molecule has 0 saturated carbocycles. The molecule has 2 fully saturated rings. The summed E-state index contributed by atoms with van der Waals surface area (Å²) in [4.78, 5) is 13.8. The molecular weight excluding hydrogens is 244 g/mol. The predicted molar refractivity (Wildman–Crippen MR) is 70.6 cm³/mol. The van der Waals surface area contributed by atoms with E-state index >= 15 is 0 Å². The van der Waals surface area contributed by atoms with Gasteiger partial charge in [-0.05, 0) is 32.9 Å². The quantitative estimate of drug-likeness (QED) is 0.738. The summed E-state index contributed by atoms with van der Waals surface area (Å²) in [6, 6.07) is 0. The Morgan fingerprint density at radius 2 is 2.16 bits per heavy atom. The van der Waals surface area contributed by atoms with E-state index in [2.05, 4.69) is 10.2 Å². The minimum absolute atomic E-state index is 0.171. The second kappa shape index (κ2) is 4.80. The van der Waals surface area contributed by atoms with Gasteiger partial charge < -0.3 is 19.7 Å². The van der Waals surface area contributed by atoms with E-state index in [0.717, 1.165) is 50.3 Å². The molecule has 3 rings (SSSR count). The number of hydrogen-bond acceptors (Lipinski definition) is 5. The van der Waals surface area contributed by atoms with Gasteiger partial charge in [-0.1, -0.05) is 0 Å². The van der Waals surface area contributed by atoms with E-state index in [0.29, 0.717) is 6.61 Å². The fraction of sp³-hybridized carbons (Fsp3) is 0.786. The number of carbonyl (C=O) groups excluding carboxylic acids is 1. The number of nitrogens with one attached hydrogen (secondary N) is 1. The molecule has 1 unspecified atom stereocenters. The summed E-state index contributed by atoms with van der Waals surface area (Å²) in [7, 11) is 1.80. The van der Waals surface area contributed by atoms with Crippen LogP contribution in [0.25, 0.3) is 0 Å². The fourth-order valence-corrected chi connectivity index (χ4v) is 3.67. The first-order valence-electron chi connectivity index (χ1n) is 7.02. The summed E-state index contributed by atoms with van der Waals surface area (Å²) >= 11 is 0. The maximum absolute atomic E-state index is 11.5. The standard InChI is InChI=1S/C14H22N2O3/c1-10-11(8-19-13(10)17)16-7-12(18-2)14(9-16)3-5-15-6-4-14/h12,15H,3-9H2,1-2H3. The molecule has 0 aliphatic carbocycles. The summed E-state index contributed by atoms with van der Waals surface area (Å²) in [6.07, 6.45) is 2.54. The van der Waals surface area contributed by atoms with E-state index in [1.54, 1.807) is 7.11 Å². The van der Waals surface area contributed by atoms with Gasteiger partial charge in [-0.2, -0.15) is 0 Å². The first kappa shape index (κ1) is 12.9. The second-order valence-electron chi connectivity index (χ2n) is 5.87. The van der Waals surface area contributed by atoms with Crippen molar-refractivity contribution in [2.24, 2.45) is 5.41 Å². The number of rotatable bonds is 2. The van der Waals surface area contributed by atoms with Crippen molar-refractivity contribution < 1.29 is 14.3 Å². The van der Waals surface area contributed by atoms with E-state index in [4.69, 9.17) is 9.47 Å². The Balaban J connectivity index is 1.82. The van der Waals surface area contributed by atoms with Gasteiger partial charge in [-0.3, -0.25) is 0 Å². The molecule has 0 amide bonds. The van der Waals surface area contributed by atoms with Gasteiger partial charge in [-0.25, -0.2) is 4.79 Å². The molecular formula is C14H22N2O3. The van der Waals surface area contributed by atoms with Gasteiger partial charge in [0, 0.05) is 25.6 Å². The van der Waals surface area contributed by atoms with Crippen LogP contribution in [0.4, 0.5) is 0 Å². The second-order valence-corrected chi connectivity index (χ2v) is 5.87. The normalized spacial score (nSPS) is 30.3. The number of ether oxygens (including phenoxy) is 2. The molecule has 1 spiro atoms. The van der Waals surface area contributed by atoms with E-state index in [-0.39, 0.29) is 17.5 Å². The molecule has 1 N–H and O–H groups in total. The molecule has 0 radical (unpaired) electrons. The third-order valence-electron chi connectivity index (χ3n) is 4.92. The lowest BCUT2D eigenvalue weighted by molar-refractivity contribution is -0.136. The Hall–Kier alpha value is -1.07. The maximum atomic E-state index is 11.5. The van der Waals surface area contributed by atoms with Crippen LogP contribution in [0, 0.1) is 5.41 Å². The van der Waals surface area contributed by atoms with Gasteiger partial charge in [-0.15, -0.1) is 0 Å². The van der Waals surface area contributed by atoms with Crippen molar-refractivity contribution in [2.75, 3.05) is 39.9 Å². The van der Waals surface area contributed by atoms with Crippen molar-refractivity contribution in [3.8, 4) is 0 Å². The number of methoxy groups -OCH3 is 1. The number of hydrogen-bond donors (Lipinski definition) is 1. The lowest BCUT2D eigenvalue weighted by Gasteiger charge is -2.37. The highest BCUT2D eigenvalue weighted by molar-refractivity contribution is 5.90. The van der Waals surface area contributed by atoms with E-state index in [9.17, 15) is 4.79 Å². The number of likely N-dealkylation sites (tertiary alicyclic amines) is 1. The van der Waals surface area contributed by atoms with Crippen molar-refractivity contribution in [2.45, 2.75) is 25.9 Å². The molecule has 0 aromatic heterocycles.